The second kappa shape index (κ2) is 15.3. The number of rotatable bonds is 10. The fraction of sp³-hybridized carbons (Fsp3) is 0.472. The predicted octanol–water partition coefficient (Wildman–Crippen LogP) is 6.94. The molecule has 7 nitrogen and oxygen atoms in total. The second-order valence-corrected chi connectivity index (χ2v) is 14.9. The number of aliphatic hydroxyl groups is 1. The van der Waals surface area contributed by atoms with Gasteiger partial charge in [0.25, 0.3) is 9.70 Å². The molecule has 246 valence electrons. The van der Waals surface area contributed by atoms with E-state index in [9.17, 15) is 9.90 Å². The Hall–Kier alpha value is -2.20. The van der Waals surface area contributed by atoms with Gasteiger partial charge in [0.05, 0.1) is 18.8 Å². The molecule has 3 aromatic rings. The average Bonchev–Trinajstić information content (AvgIpc) is 3.75. The highest BCUT2D eigenvalue weighted by atomic mass is 35.6. The summed E-state index contributed by atoms with van der Waals surface area (Å²) < 4.78 is 11.4. The number of hydrogen-bond donors (Lipinski definition) is 2. The van der Waals surface area contributed by atoms with Crippen LogP contribution in [0, 0.1) is 0 Å². The fourth-order valence-corrected chi connectivity index (χ4v) is 7.11. The van der Waals surface area contributed by atoms with E-state index in [1.807, 2.05) is 42.5 Å². The van der Waals surface area contributed by atoms with Crippen LogP contribution >= 0.6 is 34.8 Å². The second-order valence-electron chi connectivity index (χ2n) is 12.7. The lowest BCUT2D eigenvalue weighted by Crippen LogP contribution is -2.45. The summed E-state index contributed by atoms with van der Waals surface area (Å²) in [4.78, 5) is 17.3. The summed E-state index contributed by atoms with van der Waals surface area (Å²) in [6, 6.07) is 24.8. The molecule has 0 spiro atoms. The number of hydrogen-bond acceptors (Lipinski definition) is 6. The van der Waals surface area contributed by atoms with Crippen molar-refractivity contribution in [3.05, 3.63) is 95.1 Å². The van der Waals surface area contributed by atoms with Crippen molar-refractivity contribution in [2.75, 3.05) is 32.7 Å². The molecule has 3 aliphatic heterocycles. The number of halogens is 3. The van der Waals surface area contributed by atoms with Crippen molar-refractivity contribution in [3.8, 4) is 11.1 Å². The van der Waals surface area contributed by atoms with Crippen LogP contribution in [0.25, 0.3) is 11.1 Å². The Morgan fingerprint density at radius 2 is 1.59 bits per heavy atom. The smallest absolute Gasteiger partial charge is 0.272 e. The van der Waals surface area contributed by atoms with Crippen molar-refractivity contribution < 1.29 is 19.4 Å². The van der Waals surface area contributed by atoms with Gasteiger partial charge in [0.1, 0.15) is 0 Å². The third-order valence-electron chi connectivity index (χ3n) is 9.35. The molecular weight excluding hydrogens is 645 g/mol. The number of aliphatic hydroxyl groups excluding tert-OH is 1. The van der Waals surface area contributed by atoms with Gasteiger partial charge in [-0.15, -0.1) is 0 Å². The Bertz CT molecular complexity index is 1460. The van der Waals surface area contributed by atoms with Crippen LogP contribution in [0.5, 0.6) is 0 Å². The summed E-state index contributed by atoms with van der Waals surface area (Å²) in [5, 5.41) is 12.3. The van der Waals surface area contributed by atoms with Crippen LogP contribution in [-0.4, -0.2) is 69.5 Å². The Balaban J connectivity index is 1.20. The number of ether oxygens (including phenoxy) is 2. The van der Waals surface area contributed by atoms with Gasteiger partial charge in [0, 0.05) is 37.7 Å². The summed E-state index contributed by atoms with van der Waals surface area (Å²) in [7, 11) is 0. The summed E-state index contributed by atoms with van der Waals surface area (Å²) in [5.74, 6) is -0.664. The number of carbonyl (C=O) groups excluding carboxylic acids is 1. The summed E-state index contributed by atoms with van der Waals surface area (Å²) in [6.45, 7) is 5.82. The van der Waals surface area contributed by atoms with Gasteiger partial charge < -0.3 is 24.8 Å². The van der Waals surface area contributed by atoms with E-state index >= 15 is 0 Å². The minimum absolute atomic E-state index is 0.00830. The lowest BCUT2D eigenvalue weighted by molar-refractivity contribution is -0.253. The number of nitrogens with one attached hydrogen (secondary N) is 1. The SMILES string of the molecule is O=C(NCc1cccc(-c2cccc(C3OC(CN4CCCC4CN4CCCC4)CC(c4ccc(CO)cc4)O3)c2)c1)C(Cl)(Cl)Cl. The molecule has 0 aliphatic carbocycles. The zero-order chi connectivity index (χ0) is 32.1. The van der Waals surface area contributed by atoms with Crippen LogP contribution in [0.3, 0.4) is 0 Å². The van der Waals surface area contributed by atoms with Crippen molar-refractivity contribution in [2.45, 2.75) is 73.6 Å². The minimum Gasteiger partial charge on any atom is -0.392 e. The molecule has 0 bridgehead atoms. The standard InChI is InChI=1S/C36H42Cl3N3O4/c37-36(38,39)35(44)40-21-26-6-3-7-28(18-26)29-8-4-9-30(19-29)34-45-32(20-33(46-34)27-13-11-25(24-43)12-14-27)23-42-17-5-10-31(42)22-41-15-1-2-16-41/h3-4,6-9,11-14,18-19,31-34,43H,1-2,5,10,15-17,20-24H2,(H,40,44). The highest BCUT2D eigenvalue weighted by Gasteiger charge is 2.36. The van der Waals surface area contributed by atoms with Gasteiger partial charge in [-0.3, -0.25) is 9.69 Å². The molecule has 46 heavy (non-hydrogen) atoms. The van der Waals surface area contributed by atoms with E-state index in [-0.39, 0.29) is 25.4 Å². The molecule has 0 radical (unpaired) electrons. The van der Waals surface area contributed by atoms with E-state index < -0.39 is 16.0 Å². The molecular formula is C36H42Cl3N3O4. The van der Waals surface area contributed by atoms with Gasteiger partial charge in [-0.05, 0) is 85.3 Å². The maximum absolute atomic E-state index is 12.1. The van der Waals surface area contributed by atoms with E-state index in [2.05, 4.69) is 45.4 Å². The maximum Gasteiger partial charge on any atom is 0.272 e. The largest absolute Gasteiger partial charge is 0.392 e. The van der Waals surface area contributed by atoms with Gasteiger partial charge in [-0.2, -0.15) is 0 Å². The van der Waals surface area contributed by atoms with Crippen LogP contribution in [0.4, 0.5) is 0 Å². The Labute approximate surface area is 286 Å². The van der Waals surface area contributed by atoms with Crippen molar-refractivity contribution in [1.82, 2.24) is 15.1 Å². The molecule has 0 aromatic heterocycles. The van der Waals surface area contributed by atoms with Crippen molar-refractivity contribution in [2.24, 2.45) is 0 Å². The first-order valence-corrected chi connectivity index (χ1v) is 17.4. The molecule has 3 aliphatic rings. The highest BCUT2D eigenvalue weighted by molar-refractivity contribution is 6.76. The normalized spacial score (nSPS) is 24.3. The average molecular weight is 687 g/mol. The Kier molecular flexibility index (Phi) is 11.2. The van der Waals surface area contributed by atoms with Gasteiger partial charge in [0.15, 0.2) is 6.29 Å². The number of likely N-dealkylation sites (tertiary alicyclic amines) is 2. The molecule has 3 fully saturated rings. The van der Waals surface area contributed by atoms with Gasteiger partial charge in [0.2, 0.25) is 0 Å². The molecule has 3 aromatic carbocycles. The van der Waals surface area contributed by atoms with Crippen LogP contribution in [0.1, 0.15) is 66.8 Å². The van der Waals surface area contributed by atoms with Crippen molar-refractivity contribution >= 4 is 40.7 Å². The fourth-order valence-electron chi connectivity index (χ4n) is 6.91. The first-order chi connectivity index (χ1) is 22.2. The first-order valence-electron chi connectivity index (χ1n) is 16.3. The lowest BCUT2D eigenvalue weighted by Gasteiger charge is -2.39. The van der Waals surface area contributed by atoms with Crippen LogP contribution in [-0.2, 0) is 27.4 Å². The lowest BCUT2D eigenvalue weighted by atomic mass is 9.98. The van der Waals surface area contributed by atoms with E-state index in [0.717, 1.165) is 59.4 Å². The zero-order valence-corrected chi connectivity index (χ0v) is 28.2. The van der Waals surface area contributed by atoms with Crippen molar-refractivity contribution in [3.63, 3.8) is 0 Å². The van der Waals surface area contributed by atoms with Gasteiger partial charge in [-0.1, -0.05) is 95.5 Å². The van der Waals surface area contributed by atoms with Gasteiger partial charge in [-0.25, -0.2) is 0 Å². The molecule has 0 saturated carbocycles. The van der Waals surface area contributed by atoms with Crippen LogP contribution < -0.4 is 5.32 Å². The summed E-state index contributed by atoms with van der Waals surface area (Å²) >= 11 is 17.1. The van der Waals surface area contributed by atoms with E-state index in [4.69, 9.17) is 44.3 Å². The first kappa shape index (κ1) is 33.7. The predicted molar refractivity (Wildman–Crippen MR) is 183 cm³/mol. The third-order valence-corrected chi connectivity index (χ3v) is 9.86. The maximum atomic E-state index is 12.1. The molecule has 2 N–H and O–H groups in total. The highest BCUT2D eigenvalue weighted by Crippen LogP contribution is 2.40. The molecule has 1 amide bonds. The third kappa shape index (κ3) is 8.63. The monoisotopic (exact) mass is 685 g/mol. The number of nitrogens with zero attached hydrogens (tertiary/aromatic N) is 2. The number of amides is 1. The van der Waals surface area contributed by atoms with E-state index in [0.29, 0.717) is 6.04 Å². The van der Waals surface area contributed by atoms with E-state index in [1.54, 1.807) is 0 Å². The molecule has 3 saturated heterocycles. The topological polar surface area (TPSA) is 74.3 Å². The summed E-state index contributed by atoms with van der Waals surface area (Å²) in [5.41, 5.74) is 5.81. The van der Waals surface area contributed by atoms with Crippen molar-refractivity contribution in [1.29, 1.82) is 0 Å². The molecule has 4 atom stereocenters. The quantitative estimate of drug-likeness (QED) is 0.225. The molecule has 10 heteroatoms. The molecule has 4 unspecified atom stereocenters. The Morgan fingerprint density at radius 1 is 0.848 bits per heavy atom. The van der Waals surface area contributed by atoms with Crippen LogP contribution in [0.2, 0.25) is 0 Å². The van der Waals surface area contributed by atoms with Gasteiger partial charge >= 0.3 is 0 Å². The zero-order valence-electron chi connectivity index (χ0n) is 25.9. The molecule has 3 heterocycles. The minimum atomic E-state index is -2.01. The number of carbonyl (C=O) groups is 1. The van der Waals surface area contributed by atoms with E-state index in [1.165, 1.54) is 38.8 Å². The molecule has 6 rings (SSSR count). The number of alkyl halides is 3. The summed E-state index contributed by atoms with van der Waals surface area (Å²) in [6.07, 6.45) is 5.20. The Morgan fingerprint density at radius 3 is 2.33 bits per heavy atom. The van der Waals surface area contributed by atoms with Crippen LogP contribution in [0.15, 0.2) is 72.8 Å². The number of benzene rings is 3.